The lowest BCUT2D eigenvalue weighted by atomic mass is 10.1. The van der Waals surface area contributed by atoms with Gasteiger partial charge in [-0.2, -0.15) is 0 Å². The Balaban J connectivity index is 0.00000243. The molecule has 0 radical (unpaired) electrons. The van der Waals surface area contributed by atoms with Crippen molar-refractivity contribution in [3.05, 3.63) is 51.0 Å². The lowest BCUT2D eigenvalue weighted by molar-refractivity contribution is 0.0600. The molecule has 1 unspecified atom stereocenters. The van der Waals surface area contributed by atoms with Gasteiger partial charge < -0.3 is 14.6 Å². The van der Waals surface area contributed by atoms with Gasteiger partial charge in [0.15, 0.2) is 0 Å². The molecule has 7 nitrogen and oxygen atoms in total. The fourth-order valence-electron chi connectivity index (χ4n) is 2.63. The highest BCUT2D eigenvalue weighted by atomic mass is 35.5. The first-order valence-electron chi connectivity index (χ1n) is 7.76. The van der Waals surface area contributed by atoms with Gasteiger partial charge in [-0.05, 0) is 17.7 Å². The zero-order valence-corrected chi connectivity index (χ0v) is 16.5. The molecule has 142 valence electrons. The minimum Gasteiger partial charge on any atom is -0.760 e. The van der Waals surface area contributed by atoms with E-state index in [1.54, 1.807) is 35.6 Å². The van der Waals surface area contributed by atoms with Crippen molar-refractivity contribution in [1.82, 2.24) is 14.6 Å². The van der Waals surface area contributed by atoms with E-state index >= 15 is 0 Å². The van der Waals surface area contributed by atoms with Crippen molar-refractivity contribution >= 4 is 41.0 Å². The number of methoxy groups -OCH3 is 1. The van der Waals surface area contributed by atoms with Crippen molar-refractivity contribution in [2.24, 2.45) is 0 Å². The molecule has 1 atom stereocenters. The maximum Gasteiger partial charge on any atom is 0.337 e. The third kappa shape index (κ3) is 5.09. The van der Waals surface area contributed by atoms with Crippen LogP contribution in [0.5, 0.6) is 0 Å². The van der Waals surface area contributed by atoms with Crippen LogP contribution in [-0.4, -0.2) is 37.7 Å². The number of rotatable bonds is 6. The molecule has 0 spiro atoms. The van der Waals surface area contributed by atoms with Gasteiger partial charge in [0.1, 0.15) is 5.01 Å². The first-order valence-corrected chi connectivity index (χ1v) is 9.61. The summed E-state index contributed by atoms with van der Waals surface area (Å²) in [7, 11) is 1.32. The van der Waals surface area contributed by atoms with Gasteiger partial charge in [0, 0.05) is 42.2 Å². The molecule has 2 aromatic rings. The smallest absolute Gasteiger partial charge is 0.337 e. The van der Waals surface area contributed by atoms with E-state index in [4.69, 9.17) is 0 Å². The third-order valence-electron chi connectivity index (χ3n) is 3.90. The summed E-state index contributed by atoms with van der Waals surface area (Å²) in [4.78, 5) is 17.2. The molecule has 0 bridgehead atoms. The Morgan fingerprint density at radius 3 is 2.73 bits per heavy atom. The SMILES string of the molecule is COC(=O)c1ccc(CN(Cc2nc3c(s2)CNCC3)S(=O)[O-])cc1.Cl. The van der Waals surface area contributed by atoms with Gasteiger partial charge in [0.2, 0.25) is 0 Å². The summed E-state index contributed by atoms with van der Waals surface area (Å²) in [5, 5.41) is 4.08. The Morgan fingerprint density at radius 1 is 1.38 bits per heavy atom. The lowest BCUT2D eigenvalue weighted by Gasteiger charge is -2.23. The molecule has 1 N–H and O–H groups in total. The van der Waals surface area contributed by atoms with E-state index in [-0.39, 0.29) is 25.5 Å². The van der Waals surface area contributed by atoms with Crippen molar-refractivity contribution in [1.29, 1.82) is 0 Å². The molecule has 2 heterocycles. The number of thiazole rings is 1. The van der Waals surface area contributed by atoms with Gasteiger partial charge >= 0.3 is 5.97 Å². The number of carbonyl (C=O) groups excluding carboxylic acids is 1. The predicted molar refractivity (Wildman–Crippen MR) is 101 cm³/mol. The molecule has 3 rings (SSSR count). The molecule has 10 heteroatoms. The highest BCUT2D eigenvalue weighted by Gasteiger charge is 2.17. The minimum atomic E-state index is -2.36. The number of hydrogen-bond acceptors (Lipinski definition) is 7. The normalized spacial score (nSPS) is 14.4. The van der Waals surface area contributed by atoms with E-state index in [9.17, 15) is 13.6 Å². The van der Waals surface area contributed by atoms with Crippen molar-refractivity contribution in [2.75, 3.05) is 13.7 Å². The predicted octanol–water partition coefficient (Wildman–Crippen LogP) is 1.79. The molecule has 0 saturated heterocycles. The number of halogens is 1. The second-order valence-electron chi connectivity index (χ2n) is 5.61. The van der Waals surface area contributed by atoms with Crippen LogP contribution >= 0.6 is 23.7 Å². The molecule has 26 heavy (non-hydrogen) atoms. The molecular weight excluding hydrogens is 398 g/mol. The van der Waals surface area contributed by atoms with E-state index in [0.29, 0.717) is 5.56 Å². The molecule has 0 amide bonds. The molecule has 0 aliphatic carbocycles. The Bertz CT molecular complexity index is 759. The van der Waals surface area contributed by atoms with Crippen LogP contribution in [0.2, 0.25) is 0 Å². The van der Waals surface area contributed by atoms with Crippen LogP contribution in [0, 0.1) is 0 Å². The number of benzene rings is 1. The standard InChI is InChI=1S/C16H19N3O4S2.ClH/c1-23-16(20)12-4-2-11(3-5-12)9-19(25(21)22)10-15-18-13-6-7-17-8-14(13)24-15;/h2-5,17H,6-10H2,1H3,(H,21,22);1H/p-1. The van der Waals surface area contributed by atoms with Gasteiger partial charge in [-0.15, -0.1) is 23.7 Å². The second kappa shape index (κ2) is 9.54. The van der Waals surface area contributed by atoms with Crippen LogP contribution in [0.1, 0.15) is 31.5 Å². The summed E-state index contributed by atoms with van der Waals surface area (Å²) in [5.74, 6) is -0.419. The van der Waals surface area contributed by atoms with Crippen LogP contribution < -0.4 is 5.32 Å². The monoisotopic (exact) mass is 416 g/mol. The van der Waals surface area contributed by atoms with E-state index in [1.165, 1.54) is 16.3 Å². The van der Waals surface area contributed by atoms with Gasteiger partial charge in [-0.1, -0.05) is 12.1 Å². The van der Waals surface area contributed by atoms with Crippen LogP contribution in [0.3, 0.4) is 0 Å². The largest absolute Gasteiger partial charge is 0.760 e. The zero-order valence-electron chi connectivity index (χ0n) is 14.1. The lowest BCUT2D eigenvalue weighted by Crippen LogP contribution is -2.25. The van der Waals surface area contributed by atoms with E-state index in [0.717, 1.165) is 35.8 Å². The molecule has 1 aromatic carbocycles. The number of nitrogens with zero attached hydrogens (tertiary/aromatic N) is 2. The number of aromatic nitrogens is 1. The molecule has 1 aromatic heterocycles. The summed E-state index contributed by atoms with van der Waals surface area (Å²) >= 11 is -0.812. The maximum absolute atomic E-state index is 11.6. The summed E-state index contributed by atoms with van der Waals surface area (Å²) in [6.07, 6.45) is 0.876. The highest BCUT2D eigenvalue weighted by molar-refractivity contribution is 7.76. The average Bonchev–Trinajstić information content (AvgIpc) is 3.03. The molecule has 1 aliphatic heterocycles. The van der Waals surface area contributed by atoms with Gasteiger partial charge in [0.05, 0.1) is 24.9 Å². The first kappa shape index (κ1) is 20.9. The molecule has 0 fully saturated rings. The second-order valence-corrected chi connectivity index (χ2v) is 7.73. The van der Waals surface area contributed by atoms with Crippen LogP contribution in [0.4, 0.5) is 0 Å². The van der Waals surface area contributed by atoms with E-state index in [1.807, 2.05) is 0 Å². The van der Waals surface area contributed by atoms with Crippen molar-refractivity contribution in [2.45, 2.75) is 26.1 Å². The molecular formula is C16H19ClN3O4S2-. The number of hydrogen-bond donors (Lipinski definition) is 1. The maximum atomic E-state index is 11.6. The fraction of sp³-hybridized carbons (Fsp3) is 0.375. The van der Waals surface area contributed by atoms with Crippen LogP contribution in [-0.2, 0) is 42.1 Å². The molecule has 0 saturated carbocycles. The highest BCUT2D eigenvalue weighted by Crippen LogP contribution is 2.23. The summed E-state index contributed by atoms with van der Waals surface area (Å²) in [5.41, 5.74) is 2.29. The Morgan fingerprint density at radius 2 is 2.12 bits per heavy atom. The number of esters is 1. The summed E-state index contributed by atoms with van der Waals surface area (Å²) in [6, 6.07) is 6.70. The van der Waals surface area contributed by atoms with Crippen molar-refractivity contribution in [3.63, 3.8) is 0 Å². The number of ether oxygens (including phenoxy) is 1. The van der Waals surface area contributed by atoms with Crippen molar-refractivity contribution < 1.29 is 18.3 Å². The number of nitrogens with one attached hydrogen (secondary N) is 1. The van der Waals surface area contributed by atoms with E-state index in [2.05, 4.69) is 15.0 Å². The fourth-order valence-corrected chi connectivity index (χ4v) is 4.29. The Labute approximate surface area is 164 Å². The Kier molecular flexibility index (Phi) is 7.69. The topological polar surface area (TPSA) is 94.6 Å². The summed E-state index contributed by atoms with van der Waals surface area (Å²) < 4.78 is 29.2. The van der Waals surface area contributed by atoms with Crippen LogP contribution in [0.25, 0.3) is 0 Å². The quantitative estimate of drug-likeness (QED) is 0.570. The first-order chi connectivity index (χ1) is 12.1. The van der Waals surface area contributed by atoms with Gasteiger partial charge in [-0.3, -0.25) is 4.21 Å². The minimum absolute atomic E-state index is 0. The number of carbonyl (C=O) groups is 1. The van der Waals surface area contributed by atoms with Crippen molar-refractivity contribution in [3.8, 4) is 0 Å². The average molecular weight is 417 g/mol. The summed E-state index contributed by atoms with van der Waals surface area (Å²) in [6.45, 7) is 2.16. The van der Waals surface area contributed by atoms with Crippen LogP contribution in [0.15, 0.2) is 24.3 Å². The van der Waals surface area contributed by atoms with E-state index < -0.39 is 17.2 Å². The zero-order chi connectivity index (χ0) is 17.8. The Hall–Kier alpha value is -1.36. The molecule has 1 aliphatic rings. The third-order valence-corrected chi connectivity index (χ3v) is 5.67. The number of fused-ring (bicyclic) bond motifs is 1. The van der Waals surface area contributed by atoms with Gasteiger partial charge in [0.25, 0.3) is 0 Å². The van der Waals surface area contributed by atoms with Gasteiger partial charge in [-0.25, -0.2) is 14.1 Å².